The number of hydrogen-bond acceptors (Lipinski definition) is 4. The van der Waals surface area contributed by atoms with E-state index in [9.17, 15) is 4.79 Å². The molecule has 1 amide bonds. The van der Waals surface area contributed by atoms with Crippen molar-refractivity contribution in [3.05, 3.63) is 53.9 Å². The lowest BCUT2D eigenvalue weighted by Crippen LogP contribution is -2.28. The smallest absolute Gasteiger partial charge is 0.225 e. The van der Waals surface area contributed by atoms with Crippen molar-refractivity contribution in [2.45, 2.75) is 19.4 Å². The predicted octanol–water partition coefficient (Wildman–Crippen LogP) is 2.52. The van der Waals surface area contributed by atoms with Gasteiger partial charge in [0.2, 0.25) is 5.91 Å². The van der Waals surface area contributed by atoms with E-state index in [1.54, 1.807) is 38.7 Å². The van der Waals surface area contributed by atoms with E-state index in [-0.39, 0.29) is 18.4 Å². The maximum Gasteiger partial charge on any atom is 0.225 e. The molecule has 0 fully saturated rings. The predicted molar refractivity (Wildman–Crippen MR) is 84.0 cm³/mol. The summed E-state index contributed by atoms with van der Waals surface area (Å²) in [7, 11) is 3.18. The summed E-state index contributed by atoms with van der Waals surface area (Å²) in [5.74, 6) is 1.30. The first-order chi connectivity index (χ1) is 10.6. The van der Waals surface area contributed by atoms with E-state index in [0.717, 1.165) is 11.1 Å². The van der Waals surface area contributed by atoms with Crippen LogP contribution >= 0.6 is 0 Å². The molecule has 22 heavy (non-hydrogen) atoms. The number of ether oxygens (including phenoxy) is 2. The summed E-state index contributed by atoms with van der Waals surface area (Å²) in [6, 6.07) is 9.11. The number of benzene rings is 1. The molecule has 5 nitrogen and oxygen atoms in total. The van der Waals surface area contributed by atoms with Gasteiger partial charge < -0.3 is 14.8 Å². The van der Waals surface area contributed by atoms with E-state index in [4.69, 9.17) is 9.47 Å². The summed E-state index contributed by atoms with van der Waals surface area (Å²) >= 11 is 0. The van der Waals surface area contributed by atoms with Gasteiger partial charge in [0, 0.05) is 18.0 Å². The lowest BCUT2D eigenvalue weighted by atomic mass is 10.1. The van der Waals surface area contributed by atoms with Crippen molar-refractivity contribution in [3.63, 3.8) is 0 Å². The van der Waals surface area contributed by atoms with Crippen molar-refractivity contribution in [2.24, 2.45) is 0 Å². The van der Waals surface area contributed by atoms with Crippen molar-refractivity contribution in [3.8, 4) is 11.5 Å². The number of carbonyl (C=O) groups excluding carboxylic acids is 1. The second kappa shape index (κ2) is 7.45. The fourth-order valence-corrected chi connectivity index (χ4v) is 2.22. The molecule has 2 aromatic rings. The van der Waals surface area contributed by atoms with Gasteiger partial charge in [-0.2, -0.15) is 0 Å². The Balaban J connectivity index is 2.05. The number of carbonyl (C=O) groups is 1. The Morgan fingerprint density at radius 3 is 2.55 bits per heavy atom. The molecule has 0 radical (unpaired) electrons. The minimum atomic E-state index is -0.0768. The maximum absolute atomic E-state index is 12.2. The molecule has 1 atom stereocenters. The zero-order valence-electron chi connectivity index (χ0n) is 13.0. The fourth-order valence-electron chi connectivity index (χ4n) is 2.22. The van der Waals surface area contributed by atoms with Gasteiger partial charge in [0.25, 0.3) is 0 Å². The SMILES string of the molecule is COc1ccc(OC)c(CC(=O)NC(C)c2ccncc2)c1. The number of amides is 1. The molecule has 1 aromatic carbocycles. The van der Waals surface area contributed by atoms with E-state index in [2.05, 4.69) is 10.3 Å². The summed E-state index contributed by atoms with van der Waals surface area (Å²) in [5.41, 5.74) is 1.81. The Morgan fingerprint density at radius 1 is 1.18 bits per heavy atom. The van der Waals surface area contributed by atoms with E-state index in [0.29, 0.717) is 11.5 Å². The molecule has 1 N–H and O–H groups in total. The van der Waals surface area contributed by atoms with Crippen LogP contribution in [-0.4, -0.2) is 25.1 Å². The Bertz CT molecular complexity index is 629. The number of rotatable bonds is 6. The fraction of sp³-hybridized carbons (Fsp3) is 0.294. The van der Waals surface area contributed by atoms with Gasteiger partial charge in [0.05, 0.1) is 26.7 Å². The quantitative estimate of drug-likeness (QED) is 0.890. The van der Waals surface area contributed by atoms with E-state index < -0.39 is 0 Å². The first kappa shape index (κ1) is 15.8. The molecular weight excluding hydrogens is 280 g/mol. The molecular formula is C17H20N2O3. The van der Waals surface area contributed by atoms with E-state index in [1.165, 1.54) is 0 Å². The van der Waals surface area contributed by atoms with Crippen molar-refractivity contribution >= 4 is 5.91 Å². The number of pyridine rings is 1. The highest BCUT2D eigenvalue weighted by Gasteiger charge is 2.13. The molecule has 0 spiro atoms. The third kappa shape index (κ3) is 3.97. The number of nitrogens with one attached hydrogen (secondary N) is 1. The van der Waals surface area contributed by atoms with Crippen molar-refractivity contribution in [2.75, 3.05) is 14.2 Å². The summed E-state index contributed by atoms with van der Waals surface area (Å²) in [5, 5.41) is 2.97. The molecule has 116 valence electrons. The zero-order chi connectivity index (χ0) is 15.9. The van der Waals surface area contributed by atoms with E-state index in [1.807, 2.05) is 25.1 Å². The van der Waals surface area contributed by atoms with Crippen molar-refractivity contribution in [1.82, 2.24) is 10.3 Å². The van der Waals surface area contributed by atoms with Crippen LogP contribution in [0.2, 0.25) is 0 Å². The standard InChI is InChI=1S/C17H20N2O3/c1-12(13-6-8-18-9-7-13)19-17(20)11-14-10-15(21-2)4-5-16(14)22-3/h4-10,12H,11H2,1-3H3,(H,19,20). The number of hydrogen-bond donors (Lipinski definition) is 1. The normalized spacial score (nSPS) is 11.6. The zero-order valence-corrected chi connectivity index (χ0v) is 13.0. The average molecular weight is 300 g/mol. The third-order valence-electron chi connectivity index (χ3n) is 3.42. The van der Waals surface area contributed by atoms with Crippen LogP contribution in [0.1, 0.15) is 24.1 Å². The summed E-state index contributed by atoms with van der Waals surface area (Å²) in [6.45, 7) is 1.94. The second-order valence-electron chi connectivity index (χ2n) is 4.92. The maximum atomic E-state index is 12.2. The number of nitrogens with zero attached hydrogens (tertiary/aromatic N) is 1. The van der Waals surface area contributed by atoms with Crippen LogP contribution in [0.15, 0.2) is 42.7 Å². The highest BCUT2D eigenvalue weighted by atomic mass is 16.5. The first-order valence-corrected chi connectivity index (χ1v) is 7.04. The van der Waals surface area contributed by atoms with E-state index >= 15 is 0 Å². The monoisotopic (exact) mass is 300 g/mol. The Morgan fingerprint density at radius 2 is 1.91 bits per heavy atom. The van der Waals surface area contributed by atoms with Crippen LogP contribution in [0.3, 0.4) is 0 Å². The molecule has 1 heterocycles. The Hall–Kier alpha value is -2.56. The van der Waals surface area contributed by atoms with Crippen LogP contribution < -0.4 is 14.8 Å². The van der Waals surface area contributed by atoms with Crippen LogP contribution in [0.4, 0.5) is 0 Å². The van der Waals surface area contributed by atoms with Crippen molar-refractivity contribution in [1.29, 1.82) is 0 Å². The van der Waals surface area contributed by atoms with Gasteiger partial charge in [-0.05, 0) is 42.8 Å². The van der Waals surface area contributed by atoms with Gasteiger partial charge >= 0.3 is 0 Å². The van der Waals surface area contributed by atoms with Gasteiger partial charge in [-0.25, -0.2) is 0 Å². The Labute approximate surface area is 130 Å². The summed E-state index contributed by atoms with van der Waals surface area (Å²) in [6.07, 6.45) is 3.65. The summed E-state index contributed by atoms with van der Waals surface area (Å²) < 4.78 is 10.5. The van der Waals surface area contributed by atoms with Gasteiger partial charge in [-0.1, -0.05) is 0 Å². The molecule has 5 heteroatoms. The van der Waals surface area contributed by atoms with Crippen LogP contribution in [0.5, 0.6) is 11.5 Å². The van der Waals surface area contributed by atoms with Gasteiger partial charge in [-0.3, -0.25) is 9.78 Å². The number of methoxy groups -OCH3 is 2. The minimum Gasteiger partial charge on any atom is -0.497 e. The molecule has 0 aliphatic carbocycles. The summed E-state index contributed by atoms with van der Waals surface area (Å²) in [4.78, 5) is 16.2. The van der Waals surface area contributed by atoms with Gasteiger partial charge in [-0.15, -0.1) is 0 Å². The molecule has 0 saturated heterocycles. The van der Waals surface area contributed by atoms with Crippen LogP contribution in [0.25, 0.3) is 0 Å². The molecule has 0 saturated carbocycles. The lowest BCUT2D eigenvalue weighted by Gasteiger charge is -2.15. The lowest BCUT2D eigenvalue weighted by molar-refractivity contribution is -0.121. The topological polar surface area (TPSA) is 60.5 Å². The second-order valence-corrected chi connectivity index (χ2v) is 4.92. The van der Waals surface area contributed by atoms with Gasteiger partial charge in [0.1, 0.15) is 11.5 Å². The third-order valence-corrected chi connectivity index (χ3v) is 3.42. The molecule has 0 bridgehead atoms. The minimum absolute atomic E-state index is 0.0733. The molecule has 0 aliphatic rings. The van der Waals surface area contributed by atoms with Gasteiger partial charge in [0.15, 0.2) is 0 Å². The van der Waals surface area contributed by atoms with Crippen LogP contribution in [-0.2, 0) is 11.2 Å². The van der Waals surface area contributed by atoms with Crippen molar-refractivity contribution < 1.29 is 14.3 Å². The van der Waals surface area contributed by atoms with Crippen LogP contribution in [0, 0.1) is 0 Å². The average Bonchev–Trinajstić information content (AvgIpc) is 2.55. The molecule has 0 aliphatic heterocycles. The highest BCUT2D eigenvalue weighted by molar-refractivity contribution is 5.80. The molecule has 1 unspecified atom stereocenters. The first-order valence-electron chi connectivity index (χ1n) is 7.04. The molecule has 2 rings (SSSR count). The largest absolute Gasteiger partial charge is 0.497 e. The molecule has 1 aromatic heterocycles. The highest BCUT2D eigenvalue weighted by Crippen LogP contribution is 2.24. The number of aromatic nitrogens is 1. The Kier molecular flexibility index (Phi) is 5.36.